The summed E-state index contributed by atoms with van der Waals surface area (Å²) in [5.41, 5.74) is 0. The molecule has 2 nitrogen and oxygen atoms in total. The van der Waals surface area contributed by atoms with Crippen LogP contribution in [0.25, 0.3) is 0 Å². The van der Waals surface area contributed by atoms with E-state index in [0.717, 1.165) is 6.61 Å². The molecule has 0 spiro atoms. The first kappa shape index (κ1) is 23.0. The van der Waals surface area contributed by atoms with Gasteiger partial charge >= 0.3 is 0 Å². The maximum Gasteiger partial charge on any atom is 0.101 e. The molecule has 1 aliphatic heterocycles. The van der Waals surface area contributed by atoms with Crippen LogP contribution in [0.3, 0.4) is 0 Å². The first-order valence-corrected chi connectivity index (χ1v) is 11.6. The van der Waals surface area contributed by atoms with Crippen molar-refractivity contribution in [3.05, 3.63) is 0 Å². The van der Waals surface area contributed by atoms with Crippen molar-refractivity contribution in [2.24, 2.45) is 11.8 Å². The van der Waals surface area contributed by atoms with Crippen LogP contribution < -0.4 is 0 Å². The lowest BCUT2D eigenvalue weighted by molar-refractivity contribution is -0.284. The Morgan fingerprint density at radius 1 is 0.680 bits per heavy atom. The van der Waals surface area contributed by atoms with Gasteiger partial charge < -0.3 is 0 Å². The van der Waals surface area contributed by atoms with Crippen LogP contribution in [-0.2, 0) is 9.78 Å². The molecular formula is C23H46O2. The average molecular weight is 355 g/mol. The molecule has 3 atom stereocenters. The van der Waals surface area contributed by atoms with E-state index in [9.17, 15) is 0 Å². The summed E-state index contributed by atoms with van der Waals surface area (Å²) in [6.07, 6.45) is 22.6. The third-order valence-electron chi connectivity index (χ3n) is 5.89. The van der Waals surface area contributed by atoms with Crippen molar-refractivity contribution in [3.8, 4) is 0 Å². The van der Waals surface area contributed by atoms with Gasteiger partial charge in [0.05, 0.1) is 6.61 Å². The van der Waals surface area contributed by atoms with E-state index in [1.807, 2.05) is 0 Å². The van der Waals surface area contributed by atoms with E-state index in [1.54, 1.807) is 0 Å². The summed E-state index contributed by atoms with van der Waals surface area (Å²) >= 11 is 0. The number of hydrogen-bond donors (Lipinski definition) is 0. The van der Waals surface area contributed by atoms with Crippen LogP contribution in [0.2, 0.25) is 0 Å². The average Bonchev–Trinajstić information content (AvgIpc) is 3.04. The van der Waals surface area contributed by atoms with Gasteiger partial charge in [-0.1, -0.05) is 111 Å². The van der Waals surface area contributed by atoms with E-state index in [2.05, 4.69) is 20.8 Å². The number of hydrogen-bond acceptors (Lipinski definition) is 2. The van der Waals surface area contributed by atoms with Crippen molar-refractivity contribution in [2.75, 3.05) is 6.61 Å². The fourth-order valence-electron chi connectivity index (χ4n) is 4.16. The molecule has 0 aromatic rings. The standard InChI is InChI=1S/C23H46O2/c1-4-6-8-10-12-13-15-17-19-22(23-21(3)20-24-25-23)18-16-14-11-9-7-5-2/h21-23H,4-20H2,1-3H3. The zero-order valence-electron chi connectivity index (χ0n) is 17.6. The van der Waals surface area contributed by atoms with E-state index in [-0.39, 0.29) is 0 Å². The van der Waals surface area contributed by atoms with E-state index < -0.39 is 0 Å². The molecule has 0 bridgehead atoms. The van der Waals surface area contributed by atoms with E-state index >= 15 is 0 Å². The van der Waals surface area contributed by atoms with Crippen molar-refractivity contribution < 1.29 is 9.78 Å². The molecule has 1 heterocycles. The van der Waals surface area contributed by atoms with Gasteiger partial charge in [0.1, 0.15) is 6.10 Å². The van der Waals surface area contributed by atoms with Gasteiger partial charge in [0.15, 0.2) is 0 Å². The Bertz CT molecular complexity index is 279. The zero-order chi connectivity index (χ0) is 18.2. The highest BCUT2D eigenvalue weighted by atomic mass is 17.2. The molecule has 0 amide bonds. The lowest BCUT2D eigenvalue weighted by Gasteiger charge is -2.24. The molecule has 2 heteroatoms. The van der Waals surface area contributed by atoms with Crippen LogP contribution in [0.4, 0.5) is 0 Å². The van der Waals surface area contributed by atoms with Gasteiger partial charge in [0, 0.05) is 5.92 Å². The predicted molar refractivity (Wildman–Crippen MR) is 109 cm³/mol. The Kier molecular flexibility index (Phi) is 14.8. The molecule has 0 aromatic carbocycles. The molecule has 3 unspecified atom stereocenters. The summed E-state index contributed by atoms with van der Waals surface area (Å²) in [4.78, 5) is 10.9. The molecule has 1 aliphatic rings. The van der Waals surface area contributed by atoms with Gasteiger partial charge in [-0.25, -0.2) is 9.78 Å². The van der Waals surface area contributed by atoms with Crippen LogP contribution in [0.15, 0.2) is 0 Å². The molecule has 25 heavy (non-hydrogen) atoms. The summed E-state index contributed by atoms with van der Waals surface area (Å²) in [6, 6.07) is 0. The van der Waals surface area contributed by atoms with Crippen molar-refractivity contribution in [1.29, 1.82) is 0 Å². The molecule has 1 fully saturated rings. The summed E-state index contributed by atoms with van der Waals surface area (Å²) in [5, 5.41) is 0. The Morgan fingerprint density at radius 2 is 1.12 bits per heavy atom. The summed E-state index contributed by atoms with van der Waals surface area (Å²) in [7, 11) is 0. The van der Waals surface area contributed by atoms with Crippen LogP contribution in [0.5, 0.6) is 0 Å². The fraction of sp³-hybridized carbons (Fsp3) is 1.00. The maximum absolute atomic E-state index is 5.65. The van der Waals surface area contributed by atoms with Crippen LogP contribution in [0.1, 0.15) is 124 Å². The van der Waals surface area contributed by atoms with Crippen molar-refractivity contribution >= 4 is 0 Å². The van der Waals surface area contributed by atoms with Crippen LogP contribution >= 0.6 is 0 Å². The van der Waals surface area contributed by atoms with Crippen molar-refractivity contribution in [1.82, 2.24) is 0 Å². The highest BCUT2D eigenvalue weighted by Crippen LogP contribution is 2.31. The van der Waals surface area contributed by atoms with Crippen LogP contribution in [-0.4, -0.2) is 12.7 Å². The molecule has 1 rings (SSSR count). The second-order valence-electron chi connectivity index (χ2n) is 8.40. The van der Waals surface area contributed by atoms with Crippen molar-refractivity contribution in [3.63, 3.8) is 0 Å². The third kappa shape index (κ3) is 11.3. The minimum atomic E-state index is 0.347. The minimum absolute atomic E-state index is 0.347. The quantitative estimate of drug-likeness (QED) is 0.195. The lowest BCUT2D eigenvalue weighted by Crippen LogP contribution is -2.25. The highest BCUT2D eigenvalue weighted by molar-refractivity contribution is 4.77. The normalized spacial score (nSPS) is 21.7. The Balaban J connectivity index is 2.15. The zero-order valence-corrected chi connectivity index (χ0v) is 17.6. The Hall–Kier alpha value is -0.0800. The smallest absolute Gasteiger partial charge is 0.101 e. The Labute approximate surface area is 158 Å². The molecule has 0 aliphatic carbocycles. The maximum atomic E-state index is 5.65. The first-order valence-electron chi connectivity index (χ1n) is 11.6. The van der Waals surface area contributed by atoms with Gasteiger partial charge in [-0.05, 0) is 18.8 Å². The SMILES string of the molecule is CCCCCCCCCCC(CCCCCCCC)C1OOCC1C. The van der Waals surface area contributed by atoms with E-state index in [4.69, 9.17) is 9.78 Å². The molecule has 150 valence electrons. The summed E-state index contributed by atoms with van der Waals surface area (Å²) in [6.45, 7) is 7.66. The summed E-state index contributed by atoms with van der Waals surface area (Å²) < 4.78 is 0. The minimum Gasteiger partial charge on any atom is -0.236 e. The number of unbranched alkanes of at least 4 members (excludes halogenated alkanes) is 12. The van der Waals surface area contributed by atoms with Gasteiger partial charge in [-0.3, -0.25) is 0 Å². The molecule has 0 aromatic heterocycles. The Morgan fingerprint density at radius 3 is 1.52 bits per heavy atom. The van der Waals surface area contributed by atoms with Crippen molar-refractivity contribution in [2.45, 2.75) is 130 Å². The highest BCUT2D eigenvalue weighted by Gasteiger charge is 2.33. The number of rotatable bonds is 17. The molecule has 1 saturated heterocycles. The molecule has 0 saturated carbocycles. The topological polar surface area (TPSA) is 18.5 Å². The molecule has 0 radical (unpaired) electrons. The largest absolute Gasteiger partial charge is 0.236 e. The van der Waals surface area contributed by atoms with E-state index in [0.29, 0.717) is 17.9 Å². The fourth-order valence-corrected chi connectivity index (χ4v) is 4.16. The summed E-state index contributed by atoms with van der Waals surface area (Å²) in [5.74, 6) is 1.28. The monoisotopic (exact) mass is 354 g/mol. The van der Waals surface area contributed by atoms with Gasteiger partial charge in [0.2, 0.25) is 0 Å². The van der Waals surface area contributed by atoms with E-state index in [1.165, 1.54) is 103 Å². The second-order valence-corrected chi connectivity index (χ2v) is 8.40. The lowest BCUT2D eigenvalue weighted by atomic mass is 9.84. The van der Waals surface area contributed by atoms with Crippen LogP contribution in [0, 0.1) is 11.8 Å². The van der Waals surface area contributed by atoms with Gasteiger partial charge in [0.25, 0.3) is 0 Å². The molecular weight excluding hydrogens is 308 g/mol. The third-order valence-corrected chi connectivity index (χ3v) is 5.89. The first-order chi connectivity index (χ1) is 12.3. The molecule has 0 N–H and O–H groups in total. The van der Waals surface area contributed by atoms with Gasteiger partial charge in [-0.15, -0.1) is 0 Å². The predicted octanol–water partition coefficient (Wildman–Crippen LogP) is 7.85. The second kappa shape index (κ2) is 16.1. The van der Waals surface area contributed by atoms with Gasteiger partial charge in [-0.2, -0.15) is 0 Å².